The number of hydrogen-bond acceptors (Lipinski definition) is 6. The number of rotatable bonds is 2. The number of likely N-dealkylation sites (N-methyl/N-ethyl adjacent to an activating group) is 1. The number of hydrogen-bond donors (Lipinski definition) is 0. The molecule has 3 fully saturated rings. The van der Waals surface area contributed by atoms with Crippen molar-refractivity contribution >= 4 is 5.97 Å². The molecule has 3 rings (SSSR count). The van der Waals surface area contributed by atoms with E-state index in [1.807, 2.05) is 0 Å². The number of ether oxygens (including phenoxy) is 4. The van der Waals surface area contributed by atoms with E-state index in [9.17, 15) is 4.79 Å². The highest BCUT2D eigenvalue weighted by molar-refractivity contribution is 5.66. The van der Waals surface area contributed by atoms with E-state index in [1.54, 1.807) is 7.11 Å². The molecule has 4 atom stereocenters. The summed E-state index contributed by atoms with van der Waals surface area (Å²) in [5.41, 5.74) is 0. The molecule has 0 aromatic heterocycles. The Balaban J connectivity index is 1.73. The lowest BCUT2D eigenvalue weighted by Crippen LogP contribution is -2.47. The van der Waals surface area contributed by atoms with E-state index in [-0.39, 0.29) is 36.4 Å². The molecule has 0 N–H and O–H groups in total. The van der Waals surface area contributed by atoms with Gasteiger partial charge >= 0.3 is 5.97 Å². The maximum absolute atomic E-state index is 11.1. The molecule has 0 amide bonds. The summed E-state index contributed by atoms with van der Waals surface area (Å²) in [5, 5.41) is 0. The van der Waals surface area contributed by atoms with Crippen LogP contribution >= 0.6 is 0 Å². The van der Waals surface area contributed by atoms with Crippen molar-refractivity contribution in [1.82, 2.24) is 4.90 Å². The van der Waals surface area contributed by atoms with Crippen LogP contribution in [0.3, 0.4) is 0 Å². The summed E-state index contributed by atoms with van der Waals surface area (Å²) in [6.07, 6.45) is 1.62. The summed E-state index contributed by atoms with van der Waals surface area (Å²) in [7, 11) is 3.65. The highest BCUT2D eigenvalue weighted by Crippen LogP contribution is 2.43. The van der Waals surface area contributed by atoms with Crippen molar-refractivity contribution in [1.29, 1.82) is 0 Å². The van der Waals surface area contributed by atoms with E-state index in [1.165, 1.54) is 6.92 Å². The largest absolute Gasteiger partial charge is 0.462 e. The summed E-state index contributed by atoms with van der Waals surface area (Å²) in [5.74, 6) is -0.217. The van der Waals surface area contributed by atoms with Crippen LogP contribution in [0.4, 0.5) is 0 Å². The molecular formula is C12H19NO5. The van der Waals surface area contributed by atoms with Gasteiger partial charge in [-0.05, 0) is 7.05 Å². The zero-order chi connectivity index (χ0) is 12.9. The van der Waals surface area contributed by atoms with Crippen LogP contribution in [0, 0.1) is 0 Å². The molecule has 6 nitrogen and oxygen atoms in total. The fourth-order valence-corrected chi connectivity index (χ4v) is 3.45. The van der Waals surface area contributed by atoms with Crippen LogP contribution in [0.15, 0.2) is 0 Å². The maximum atomic E-state index is 11.1. The Hall–Kier alpha value is -0.690. The third-order valence-electron chi connectivity index (χ3n) is 4.20. The molecule has 0 radical (unpaired) electrons. The second kappa shape index (κ2) is 4.45. The number of carbonyl (C=O) groups is 1. The van der Waals surface area contributed by atoms with Crippen LogP contribution in [0.5, 0.6) is 0 Å². The summed E-state index contributed by atoms with van der Waals surface area (Å²) < 4.78 is 21.9. The molecule has 6 heteroatoms. The molecule has 0 aromatic carbocycles. The predicted molar refractivity (Wildman–Crippen MR) is 60.7 cm³/mol. The first-order chi connectivity index (χ1) is 8.60. The van der Waals surface area contributed by atoms with Gasteiger partial charge in [0.15, 0.2) is 0 Å². The van der Waals surface area contributed by atoms with Crippen LogP contribution in [0.1, 0.15) is 19.8 Å². The Kier molecular flexibility index (Phi) is 3.05. The van der Waals surface area contributed by atoms with Gasteiger partial charge in [0.25, 0.3) is 6.48 Å². The lowest BCUT2D eigenvalue weighted by molar-refractivity contribution is -0.243. The average Bonchev–Trinajstić information content (AvgIpc) is 2.78. The molecule has 102 valence electrons. The Bertz CT molecular complexity index is 327. The highest BCUT2D eigenvalue weighted by Gasteiger charge is 2.58. The highest BCUT2D eigenvalue weighted by atomic mass is 16.9. The molecule has 0 spiro atoms. The fraction of sp³-hybridized carbons (Fsp3) is 0.917. The predicted octanol–water partition coefficient (Wildman–Crippen LogP) is 0.108. The molecule has 0 saturated carbocycles. The monoisotopic (exact) mass is 257 g/mol. The Morgan fingerprint density at radius 1 is 1.22 bits per heavy atom. The zero-order valence-electron chi connectivity index (χ0n) is 10.9. The van der Waals surface area contributed by atoms with Crippen molar-refractivity contribution in [3.05, 3.63) is 0 Å². The summed E-state index contributed by atoms with van der Waals surface area (Å²) >= 11 is 0. The van der Waals surface area contributed by atoms with Gasteiger partial charge in [0.1, 0.15) is 18.3 Å². The standard InChI is InChI=1S/C12H19NO5/c1-6(14)16-7-4-8-10-11(9(5-7)13(8)2)18-12(15-3)17-10/h7-12H,4-5H2,1-3H3. The van der Waals surface area contributed by atoms with Crippen molar-refractivity contribution in [2.75, 3.05) is 14.2 Å². The third kappa shape index (κ3) is 1.84. The SMILES string of the molecule is COC1OC2C(O1)C1CC(OC(C)=O)CC2N1C. The average molecular weight is 257 g/mol. The molecule has 3 saturated heterocycles. The first kappa shape index (κ1) is 12.3. The van der Waals surface area contributed by atoms with E-state index in [0.717, 1.165) is 12.8 Å². The minimum absolute atomic E-state index is 0.0190. The molecule has 4 unspecified atom stereocenters. The Labute approximate surface area is 106 Å². The zero-order valence-corrected chi connectivity index (χ0v) is 10.9. The molecule has 3 aliphatic heterocycles. The van der Waals surface area contributed by atoms with Gasteiger partial charge in [-0.1, -0.05) is 0 Å². The molecule has 2 bridgehead atoms. The molecule has 0 aromatic rings. The third-order valence-corrected chi connectivity index (χ3v) is 4.20. The topological polar surface area (TPSA) is 57.2 Å². The van der Waals surface area contributed by atoms with Gasteiger partial charge in [-0.3, -0.25) is 9.69 Å². The normalized spacial score (nSPS) is 47.1. The number of fused-ring (bicyclic) bond motifs is 5. The number of nitrogens with zero attached hydrogens (tertiary/aromatic N) is 1. The number of piperidine rings is 1. The molecule has 18 heavy (non-hydrogen) atoms. The van der Waals surface area contributed by atoms with Crippen molar-refractivity contribution in [3.8, 4) is 0 Å². The second-order valence-corrected chi connectivity index (χ2v) is 5.23. The molecule has 3 aliphatic rings. The van der Waals surface area contributed by atoms with E-state index in [4.69, 9.17) is 18.9 Å². The van der Waals surface area contributed by atoms with Gasteiger partial charge in [0.2, 0.25) is 0 Å². The van der Waals surface area contributed by atoms with Gasteiger partial charge in [-0.25, -0.2) is 0 Å². The van der Waals surface area contributed by atoms with E-state index in [2.05, 4.69) is 11.9 Å². The van der Waals surface area contributed by atoms with Crippen LogP contribution in [0.25, 0.3) is 0 Å². The van der Waals surface area contributed by atoms with Crippen molar-refractivity contribution in [2.45, 2.75) is 56.6 Å². The number of esters is 1. The van der Waals surface area contributed by atoms with Gasteiger partial charge in [-0.2, -0.15) is 0 Å². The Morgan fingerprint density at radius 3 is 2.22 bits per heavy atom. The van der Waals surface area contributed by atoms with Crippen LogP contribution < -0.4 is 0 Å². The van der Waals surface area contributed by atoms with Gasteiger partial charge < -0.3 is 18.9 Å². The second-order valence-electron chi connectivity index (χ2n) is 5.23. The van der Waals surface area contributed by atoms with E-state index >= 15 is 0 Å². The summed E-state index contributed by atoms with van der Waals surface area (Å²) in [6.45, 7) is 0.902. The summed E-state index contributed by atoms with van der Waals surface area (Å²) in [6, 6.07) is 0.469. The minimum Gasteiger partial charge on any atom is -0.462 e. The Morgan fingerprint density at radius 2 is 1.78 bits per heavy atom. The first-order valence-corrected chi connectivity index (χ1v) is 6.33. The van der Waals surface area contributed by atoms with Crippen molar-refractivity contribution in [3.63, 3.8) is 0 Å². The molecular weight excluding hydrogens is 238 g/mol. The van der Waals surface area contributed by atoms with Crippen LogP contribution in [-0.2, 0) is 23.7 Å². The fourth-order valence-electron chi connectivity index (χ4n) is 3.45. The van der Waals surface area contributed by atoms with Gasteiger partial charge in [0.05, 0.1) is 0 Å². The van der Waals surface area contributed by atoms with E-state index < -0.39 is 6.48 Å². The minimum atomic E-state index is -0.552. The van der Waals surface area contributed by atoms with Crippen LogP contribution in [0.2, 0.25) is 0 Å². The van der Waals surface area contributed by atoms with Gasteiger partial charge in [-0.15, -0.1) is 0 Å². The lowest BCUT2D eigenvalue weighted by Gasteiger charge is -2.37. The lowest BCUT2D eigenvalue weighted by atomic mass is 10.00. The summed E-state index contributed by atoms with van der Waals surface area (Å²) in [4.78, 5) is 13.3. The van der Waals surface area contributed by atoms with Crippen LogP contribution in [-0.4, -0.2) is 61.9 Å². The number of carbonyl (C=O) groups excluding carboxylic acids is 1. The smallest absolute Gasteiger partial charge is 0.302 e. The van der Waals surface area contributed by atoms with Crippen molar-refractivity contribution in [2.24, 2.45) is 0 Å². The van der Waals surface area contributed by atoms with E-state index in [0.29, 0.717) is 0 Å². The van der Waals surface area contributed by atoms with Gasteiger partial charge in [0, 0.05) is 39.0 Å². The number of methoxy groups -OCH3 is 1. The maximum Gasteiger partial charge on any atom is 0.302 e. The molecule has 0 aliphatic carbocycles. The first-order valence-electron chi connectivity index (χ1n) is 6.33. The molecule has 3 heterocycles. The quantitative estimate of drug-likeness (QED) is 0.654. The van der Waals surface area contributed by atoms with Crippen molar-refractivity contribution < 1.29 is 23.7 Å².